The first-order chi connectivity index (χ1) is 12.5. The van der Waals surface area contributed by atoms with Gasteiger partial charge < -0.3 is 10.6 Å². The molecule has 1 fully saturated rings. The van der Waals surface area contributed by atoms with Gasteiger partial charge in [0.1, 0.15) is 6.54 Å². The molecule has 0 aliphatic heterocycles. The number of benzene rings is 1. The molecule has 0 unspecified atom stereocenters. The Labute approximate surface area is 159 Å². The summed E-state index contributed by atoms with van der Waals surface area (Å²) in [6.45, 7) is -2.28. The highest BCUT2D eigenvalue weighted by molar-refractivity contribution is 7.93. The third kappa shape index (κ3) is 4.92. The molecular formula is C16H18ClF3N2O4S. The molecule has 0 spiro atoms. The Hall–Kier alpha value is -1.81. The number of nitrogens with one attached hydrogen (secondary N) is 2. The first-order valence-electron chi connectivity index (χ1n) is 8.10. The van der Waals surface area contributed by atoms with Gasteiger partial charge in [-0.2, -0.15) is 13.2 Å². The molecule has 0 aromatic heterocycles. The Morgan fingerprint density at radius 3 is 2.15 bits per heavy atom. The third-order valence-corrected chi connectivity index (χ3v) is 7.13. The molecule has 0 atom stereocenters. The van der Waals surface area contributed by atoms with Gasteiger partial charge in [-0.3, -0.25) is 9.59 Å². The molecule has 2 rings (SSSR count). The highest BCUT2D eigenvalue weighted by Gasteiger charge is 2.52. The zero-order valence-corrected chi connectivity index (χ0v) is 15.7. The van der Waals surface area contributed by atoms with E-state index in [0.717, 1.165) is 0 Å². The molecule has 2 N–H and O–H groups in total. The number of carbonyl (C=O) groups is 2. The molecule has 0 bridgehead atoms. The fraction of sp³-hybridized carbons (Fsp3) is 0.500. The van der Waals surface area contributed by atoms with E-state index in [0.29, 0.717) is 17.9 Å². The summed E-state index contributed by atoms with van der Waals surface area (Å²) in [5.41, 5.74) is 0. The molecular weight excluding hydrogens is 409 g/mol. The number of sulfone groups is 1. The van der Waals surface area contributed by atoms with Crippen LogP contribution in [0.5, 0.6) is 0 Å². The molecule has 27 heavy (non-hydrogen) atoms. The maximum absolute atomic E-state index is 13.1. The number of halogens is 4. The molecule has 0 heterocycles. The van der Waals surface area contributed by atoms with Crippen LogP contribution in [0, 0.1) is 0 Å². The van der Waals surface area contributed by atoms with Crippen LogP contribution in [0.25, 0.3) is 0 Å². The van der Waals surface area contributed by atoms with E-state index in [1.165, 1.54) is 24.3 Å². The van der Waals surface area contributed by atoms with E-state index in [9.17, 15) is 31.2 Å². The van der Waals surface area contributed by atoms with E-state index < -0.39 is 45.7 Å². The minimum Gasteiger partial charge on any atom is -0.346 e. The summed E-state index contributed by atoms with van der Waals surface area (Å²) >= 11 is 5.77. The van der Waals surface area contributed by atoms with Gasteiger partial charge in [0.05, 0.1) is 11.4 Å². The van der Waals surface area contributed by atoms with Gasteiger partial charge in [-0.05, 0) is 37.1 Å². The SMILES string of the molecule is O=C(CNC(=O)C1(S(=O)(=O)c2ccc(Cl)cc2)CCCC1)NCC(F)(F)F. The van der Waals surface area contributed by atoms with Crippen LogP contribution in [0.3, 0.4) is 0 Å². The summed E-state index contributed by atoms with van der Waals surface area (Å²) in [6.07, 6.45) is -3.45. The number of hydrogen-bond acceptors (Lipinski definition) is 4. The van der Waals surface area contributed by atoms with Gasteiger partial charge in [-0.15, -0.1) is 0 Å². The number of rotatable bonds is 6. The summed E-state index contributed by atoms with van der Waals surface area (Å²) in [7, 11) is -4.08. The number of hydrogen-bond donors (Lipinski definition) is 2. The van der Waals surface area contributed by atoms with E-state index in [1.807, 2.05) is 0 Å². The minimum absolute atomic E-state index is 0.0635. The van der Waals surface area contributed by atoms with Gasteiger partial charge >= 0.3 is 6.18 Å². The summed E-state index contributed by atoms with van der Waals surface area (Å²) in [6, 6.07) is 5.36. The smallest absolute Gasteiger partial charge is 0.346 e. The monoisotopic (exact) mass is 426 g/mol. The Kier molecular flexibility index (Phi) is 6.41. The van der Waals surface area contributed by atoms with Gasteiger partial charge in [0, 0.05) is 5.02 Å². The normalized spacial score (nSPS) is 16.7. The van der Waals surface area contributed by atoms with E-state index in [1.54, 1.807) is 5.32 Å². The van der Waals surface area contributed by atoms with Crippen molar-refractivity contribution in [2.45, 2.75) is 41.5 Å². The Bertz CT molecular complexity index is 804. The number of amides is 2. The zero-order valence-electron chi connectivity index (χ0n) is 14.1. The molecule has 1 aliphatic carbocycles. The zero-order chi connectivity index (χ0) is 20.3. The predicted molar refractivity (Wildman–Crippen MR) is 91.9 cm³/mol. The fourth-order valence-corrected chi connectivity index (χ4v) is 5.20. The van der Waals surface area contributed by atoms with Gasteiger partial charge in [-0.25, -0.2) is 8.42 Å². The highest BCUT2D eigenvalue weighted by Crippen LogP contribution is 2.41. The van der Waals surface area contributed by atoms with Crippen LogP contribution in [-0.4, -0.2) is 44.2 Å². The second-order valence-corrected chi connectivity index (χ2v) is 8.93. The van der Waals surface area contributed by atoms with Crippen LogP contribution in [-0.2, 0) is 19.4 Å². The van der Waals surface area contributed by atoms with Crippen molar-refractivity contribution in [3.8, 4) is 0 Å². The third-order valence-electron chi connectivity index (χ3n) is 4.36. The molecule has 0 radical (unpaired) electrons. The summed E-state index contributed by atoms with van der Waals surface area (Å²) in [5.74, 6) is -1.95. The molecule has 1 aliphatic rings. The van der Waals surface area contributed by atoms with Crippen LogP contribution >= 0.6 is 11.6 Å². The van der Waals surface area contributed by atoms with Crippen LogP contribution in [0.2, 0.25) is 5.02 Å². The number of carbonyl (C=O) groups excluding carboxylic acids is 2. The van der Waals surface area contributed by atoms with Gasteiger partial charge in [0.2, 0.25) is 11.8 Å². The lowest BCUT2D eigenvalue weighted by Crippen LogP contribution is -2.52. The highest BCUT2D eigenvalue weighted by atomic mass is 35.5. The van der Waals surface area contributed by atoms with Crippen molar-refractivity contribution in [1.29, 1.82) is 0 Å². The number of alkyl halides is 3. The van der Waals surface area contributed by atoms with E-state index in [2.05, 4.69) is 5.32 Å². The lowest BCUT2D eigenvalue weighted by atomic mass is 10.1. The van der Waals surface area contributed by atoms with E-state index in [-0.39, 0.29) is 17.7 Å². The molecule has 2 amide bonds. The summed E-state index contributed by atoms with van der Waals surface area (Å²) in [5, 5.41) is 4.11. The first kappa shape index (κ1) is 21.5. The van der Waals surface area contributed by atoms with Crippen molar-refractivity contribution in [2.75, 3.05) is 13.1 Å². The van der Waals surface area contributed by atoms with Crippen LogP contribution in [0.15, 0.2) is 29.2 Å². The quantitative estimate of drug-likeness (QED) is 0.729. The summed E-state index contributed by atoms with van der Waals surface area (Å²) in [4.78, 5) is 24.0. The topological polar surface area (TPSA) is 92.3 Å². The second-order valence-electron chi connectivity index (χ2n) is 6.23. The average molecular weight is 427 g/mol. The van der Waals surface area contributed by atoms with Crippen molar-refractivity contribution >= 4 is 33.3 Å². The van der Waals surface area contributed by atoms with E-state index in [4.69, 9.17) is 11.6 Å². The predicted octanol–water partition coefficient (Wildman–Crippen LogP) is 2.22. The molecule has 150 valence electrons. The maximum Gasteiger partial charge on any atom is 0.405 e. The van der Waals surface area contributed by atoms with Crippen LogP contribution in [0.1, 0.15) is 25.7 Å². The Morgan fingerprint density at radius 2 is 1.63 bits per heavy atom. The lowest BCUT2D eigenvalue weighted by Gasteiger charge is -2.27. The Balaban J connectivity index is 2.14. The maximum atomic E-state index is 13.1. The standard InChI is InChI=1S/C16H18ClF3N2O4S/c17-11-3-5-12(6-4-11)27(25,26)15(7-1-2-8-15)14(24)21-9-13(23)22-10-16(18,19)20/h3-6H,1-2,7-10H2,(H,21,24)(H,22,23). The second kappa shape index (κ2) is 8.05. The van der Waals surface area contributed by atoms with Crippen molar-refractivity contribution in [1.82, 2.24) is 10.6 Å². The lowest BCUT2D eigenvalue weighted by molar-refractivity contribution is -0.138. The van der Waals surface area contributed by atoms with Crippen molar-refractivity contribution < 1.29 is 31.2 Å². The van der Waals surface area contributed by atoms with Gasteiger partial charge in [-0.1, -0.05) is 24.4 Å². The van der Waals surface area contributed by atoms with Crippen molar-refractivity contribution in [3.05, 3.63) is 29.3 Å². The fourth-order valence-electron chi connectivity index (χ4n) is 2.99. The van der Waals surface area contributed by atoms with E-state index >= 15 is 0 Å². The average Bonchev–Trinajstić information content (AvgIpc) is 3.09. The van der Waals surface area contributed by atoms with Crippen LogP contribution in [0.4, 0.5) is 13.2 Å². The Morgan fingerprint density at radius 1 is 1.07 bits per heavy atom. The molecule has 1 aromatic rings. The van der Waals surface area contributed by atoms with Gasteiger partial charge in [0.15, 0.2) is 14.6 Å². The van der Waals surface area contributed by atoms with Gasteiger partial charge in [0.25, 0.3) is 0 Å². The molecule has 1 saturated carbocycles. The first-order valence-corrected chi connectivity index (χ1v) is 9.96. The van der Waals surface area contributed by atoms with Crippen molar-refractivity contribution in [2.24, 2.45) is 0 Å². The van der Waals surface area contributed by atoms with Crippen LogP contribution < -0.4 is 10.6 Å². The largest absolute Gasteiger partial charge is 0.405 e. The molecule has 1 aromatic carbocycles. The minimum atomic E-state index is -4.58. The molecule has 0 saturated heterocycles. The van der Waals surface area contributed by atoms with Crippen molar-refractivity contribution in [3.63, 3.8) is 0 Å². The molecule has 11 heteroatoms. The summed E-state index contributed by atoms with van der Waals surface area (Å²) < 4.78 is 60.7. The molecule has 6 nitrogen and oxygen atoms in total.